The van der Waals surface area contributed by atoms with Gasteiger partial charge in [-0.25, -0.2) is 0 Å². The van der Waals surface area contributed by atoms with E-state index in [1.165, 1.54) is 173 Å². The Labute approximate surface area is 441 Å². The second kappa shape index (κ2) is 51.0. The lowest BCUT2D eigenvalue weighted by atomic mass is 9.99. The summed E-state index contributed by atoms with van der Waals surface area (Å²) in [5.74, 6) is -0.209. The number of amides is 1. The Hall–Kier alpha value is -2.12. The van der Waals surface area contributed by atoms with Crippen LogP contribution in [0.2, 0.25) is 0 Å². The predicted octanol–water partition coefficient (Wildman–Crippen LogP) is 13.9. The molecule has 422 valence electrons. The summed E-state index contributed by atoms with van der Waals surface area (Å²) in [5.41, 5.74) is 0. The Morgan fingerprint density at radius 2 is 0.889 bits per heavy atom. The molecule has 0 bridgehead atoms. The Morgan fingerprint density at radius 3 is 1.33 bits per heavy atom. The summed E-state index contributed by atoms with van der Waals surface area (Å²) in [6.07, 6.45) is 52.5. The molecule has 0 aromatic heterocycles. The molecule has 0 aliphatic carbocycles. The number of rotatable bonds is 52. The van der Waals surface area contributed by atoms with Crippen LogP contribution in [0.25, 0.3) is 0 Å². The van der Waals surface area contributed by atoms with Gasteiger partial charge in [-0.1, -0.05) is 217 Å². The summed E-state index contributed by atoms with van der Waals surface area (Å²) in [7, 11) is 0. The molecule has 0 radical (unpaired) electrons. The maximum atomic E-state index is 13.0. The van der Waals surface area contributed by atoms with Gasteiger partial charge in [-0.2, -0.15) is 0 Å². The smallest absolute Gasteiger partial charge is 0.305 e. The third kappa shape index (κ3) is 40.2. The largest absolute Gasteiger partial charge is 0.466 e. The molecule has 1 amide bonds. The molecule has 1 rings (SSSR count). The molecule has 1 aliphatic rings. The monoisotopic (exact) mass is 1020 g/mol. The first-order valence-electron chi connectivity index (χ1n) is 30.3. The molecule has 0 aromatic carbocycles. The number of carbonyl (C=O) groups is 2. The summed E-state index contributed by atoms with van der Waals surface area (Å²) >= 11 is 0. The van der Waals surface area contributed by atoms with E-state index in [2.05, 4.69) is 43.5 Å². The van der Waals surface area contributed by atoms with Gasteiger partial charge < -0.3 is 45.1 Å². The minimum Gasteiger partial charge on any atom is -0.466 e. The van der Waals surface area contributed by atoms with E-state index >= 15 is 0 Å². The Kier molecular flexibility index (Phi) is 48.1. The molecule has 7 unspecified atom stereocenters. The fourth-order valence-corrected chi connectivity index (χ4v) is 9.36. The quantitative estimate of drug-likeness (QED) is 0.0195. The number of allylic oxidation sites excluding steroid dienone is 5. The summed E-state index contributed by atoms with van der Waals surface area (Å²) in [5, 5.41) is 54.2. The summed E-state index contributed by atoms with van der Waals surface area (Å²) in [6.45, 7) is 4.29. The highest BCUT2D eigenvalue weighted by Crippen LogP contribution is 2.23. The highest BCUT2D eigenvalue weighted by atomic mass is 16.7. The van der Waals surface area contributed by atoms with Crippen molar-refractivity contribution in [1.29, 1.82) is 0 Å². The van der Waals surface area contributed by atoms with E-state index in [0.717, 1.165) is 77.0 Å². The number of unbranched alkanes of at least 4 members (excludes halogenated alkanes) is 34. The summed E-state index contributed by atoms with van der Waals surface area (Å²) in [4.78, 5) is 25.1. The minimum absolute atomic E-state index is 0.0160. The Morgan fingerprint density at radius 1 is 0.500 bits per heavy atom. The first kappa shape index (κ1) is 67.9. The van der Waals surface area contributed by atoms with Crippen LogP contribution in [-0.2, 0) is 23.8 Å². The third-order valence-corrected chi connectivity index (χ3v) is 14.2. The topological polar surface area (TPSA) is 175 Å². The molecule has 1 heterocycles. The van der Waals surface area contributed by atoms with Gasteiger partial charge in [0.15, 0.2) is 6.29 Å². The molecular formula is C61H113NO10. The number of carbonyl (C=O) groups excluding carboxylic acids is 2. The first-order chi connectivity index (χ1) is 35.2. The Bertz CT molecular complexity index is 1290. The first-order valence-corrected chi connectivity index (χ1v) is 30.3. The summed E-state index contributed by atoms with van der Waals surface area (Å²) in [6, 6.07) is -0.815. The lowest BCUT2D eigenvalue weighted by molar-refractivity contribution is -0.302. The van der Waals surface area contributed by atoms with E-state index in [0.29, 0.717) is 19.4 Å². The molecule has 0 saturated carbocycles. The molecule has 1 fully saturated rings. The Balaban J connectivity index is 2.02. The number of aliphatic hydroxyl groups excluding tert-OH is 5. The third-order valence-electron chi connectivity index (χ3n) is 14.2. The fraction of sp³-hybridized carbons (Fsp3) is 0.869. The highest BCUT2D eigenvalue weighted by molar-refractivity contribution is 5.76. The normalized spacial score (nSPS) is 19.2. The van der Waals surface area contributed by atoms with Gasteiger partial charge in [0.1, 0.15) is 24.4 Å². The van der Waals surface area contributed by atoms with Crippen LogP contribution in [0, 0.1) is 0 Å². The van der Waals surface area contributed by atoms with Crippen LogP contribution in [0.1, 0.15) is 277 Å². The van der Waals surface area contributed by atoms with Crippen LogP contribution >= 0.6 is 0 Å². The fourth-order valence-electron chi connectivity index (χ4n) is 9.36. The van der Waals surface area contributed by atoms with Crippen molar-refractivity contribution in [2.45, 2.75) is 320 Å². The number of ether oxygens (including phenoxy) is 3. The van der Waals surface area contributed by atoms with Gasteiger partial charge >= 0.3 is 5.97 Å². The van der Waals surface area contributed by atoms with E-state index in [1.807, 2.05) is 6.08 Å². The van der Waals surface area contributed by atoms with Crippen LogP contribution in [-0.4, -0.2) is 100 Å². The van der Waals surface area contributed by atoms with Crippen LogP contribution < -0.4 is 5.32 Å². The van der Waals surface area contributed by atoms with Crippen molar-refractivity contribution in [3.05, 3.63) is 36.5 Å². The molecule has 11 nitrogen and oxygen atoms in total. The average Bonchev–Trinajstić information content (AvgIpc) is 3.38. The molecule has 1 saturated heterocycles. The number of hydrogen-bond acceptors (Lipinski definition) is 10. The van der Waals surface area contributed by atoms with Crippen molar-refractivity contribution < 1.29 is 49.3 Å². The predicted molar refractivity (Wildman–Crippen MR) is 297 cm³/mol. The van der Waals surface area contributed by atoms with Gasteiger partial charge in [0.05, 0.1) is 32.0 Å². The molecule has 1 aliphatic heterocycles. The van der Waals surface area contributed by atoms with Crippen molar-refractivity contribution in [1.82, 2.24) is 5.32 Å². The molecular weight excluding hydrogens is 907 g/mol. The van der Waals surface area contributed by atoms with Gasteiger partial charge in [-0.05, 0) is 83.5 Å². The van der Waals surface area contributed by atoms with Crippen LogP contribution in [0.4, 0.5) is 0 Å². The molecule has 72 heavy (non-hydrogen) atoms. The maximum absolute atomic E-state index is 13.0. The van der Waals surface area contributed by atoms with Gasteiger partial charge in [0.25, 0.3) is 0 Å². The average molecular weight is 1020 g/mol. The minimum atomic E-state index is -1.57. The van der Waals surface area contributed by atoms with Crippen LogP contribution in [0.5, 0.6) is 0 Å². The lowest BCUT2D eigenvalue weighted by Gasteiger charge is -2.40. The van der Waals surface area contributed by atoms with Gasteiger partial charge in [-0.15, -0.1) is 0 Å². The zero-order chi connectivity index (χ0) is 52.4. The zero-order valence-corrected chi connectivity index (χ0v) is 46.4. The van der Waals surface area contributed by atoms with Crippen molar-refractivity contribution in [2.24, 2.45) is 0 Å². The number of hydrogen-bond donors (Lipinski definition) is 6. The second-order valence-corrected chi connectivity index (χ2v) is 21.0. The van der Waals surface area contributed by atoms with E-state index in [4.69, 9.17) is 14.2 Å². The van der Waals surface area contributed by atoms with Gasteiger partial charge in [0, 0.05) is 12.8 Å². The van der Waals surface area contributed by atoms with Crippen LogP contribution in [0.3, 0.4) is 0 Å². The molecule has 6 N–H and O–H groups in total. The van der Waals surface area contributed by atoms with E-state index < -0.39 is 49.5 Å². The van der Waals surface area contributed by atoms with Crippen molar-refractivity contribution >= 4 is 11.9 Å². The van der Waals surface area contributed by atoms with Crippen molar-refractivity contribution in [3.8, 4) is 0 Å². The van der Waals surface area contributed by atoms with Crippen LogP contribution in [0.15, 0.2) is 36.5 Å². The highest BCUT2D eigenvalue weighted by Gasteiger charge is 2.44. The molecule has 7 atom stereocenters. The standard InChI is InChI=1S/C61H113NO10/c1-3-5-7-9-11-13-14-15-22-26-29-33-37-41-45-49-57(66)70-50-46-42-38-34-30-27-24-21-19-17-16-18-20-23-25-28-32-36-40-44-48-56(65)62-53(54(64)47-43-39-35-31-12-10-8-6-4-2)52-71-61-60(69)59(68)58(67)55(51-63)72-61/h15-16,18,22,43,47,53-55,58-61,63-64,67-69H,3-14,17,19-21,23-42,44-46,48-52H2,1-2H3,(H,62,65)/b18-16-,22-15-,47-43+. The van der Waals surface area contributed by atoms with E-state index in [1.54, 1.807) is 6.08 Å². The maximum Gasteiger partial charge on any atom is 0.305 e. The van der Waals surface area contributed by atoms with Gasteiger partial charge in [0.2, 0.25) is 5.91 Å². The number of esters is 1. The zero-order valence-electron chi connectivity index (χ0n) is 46.4. The van der Waals surface area contributed by atoms with E-state index in [-0.39, 0.29) is 18.5 Å². The molecule has 0 aromatic rings. The molecule has 11 heteroatoms. The number of aliphatic hydroxyl groups is 5. The summed E-state index contributed by atoms with van der Waals surface area (Å²) < 4.78 is 16.7. The van der Waals surface area contributed by atoms with Crippen molar-refractivity contribution in [2.75, 3.05) is 19.8 Å². The lowest BCUT2D eigenvalue weighted by Crippen LogP contribution is -2.60. The van der Waals surface area contributed by atoms with Crippen molar-refractivity contribution in [3.63, 3.8) is 0 Å². The molecule has 0 spiro atoms. The SMILES string of the molecule is CCCCCCCC/C=C\CCCCCCCC(=O)OCCCCCCCCCCC/C=C\CCCCCCCCCC(=O)NC(COC1OC(CO)C(O)C(O)C1O)C(O)/C=C/CCCCCCCCC. The number of nitrogens with one attached hydrogen (secondary N) is 1. The second-order valence-electron chi connectivity index (χ2n) is 21.0. The van der Waals surface area contributed by atoms with Gasteiger partial charge in [-0.3, -0.25) is 9.59 Å². The van der Waals surface area contributed by atoms with E-state index in [9.17, 15) is 35.1 Å².